The second kappa shape index (κ2) is 6.99. The maximum Gasteiger partial charge on any atom is 0.358 e. The van der Waals surface area contributed by atoms with Crippen molar-refractivity contribution in [2.75, 3.05) is 14.2 Å². The highest BCUT2D eigenvalue weighted by Gasteiger charge is 2.32. The lowest BCUT2D eigenvalue weighted by Gasteiger charge is -2.25. The number of carbonyl (C=O) groups is 1. The zero-order chi connectivity index (χ0) is 14.3. The standard InChI is InChI=1S/C14H16N2O3S.2H2O/c1-16-12-8-5-4-6-10(18-2)13(8)20-7-9(12)11(15-16)14(17)19-3;;/h5H,4,6-7H2,1-3H3;2*1H2. The van der Waals surface area contributed by atoms with Crippen LogP contribution in [0.15, 0.2) is 16.7 Å². The van der Waals surface area contributed by atoms with E-state index in [0.717, 1.165) is 35.4 Å². The van der Waals surface area contributed by atoms with Gasteiger partial charge in [0.25, 0.3) is 0 Å². The van der Waals surface area contributed by atoms with Crippen molar-refractivity contribution in [2.45, 2.75) is 18.6 Å². The first-order valence-electron chi connectivity index (χ1n) is 6.42. The Labute approximate surface area is 132 Å². The van der Waals surface area contributed by atoms with E-state index in [4.69, 9.17) is 9.47 Å². The molecule has 0 radical (unpaired) electrons. The van der Waals surface area contributed by atoms with Gasteiger partial charge in [0.1, 0.15) is 5.76 Å². The first-order chi connectivity index (χ1) is 9.67. The third kappa shape index (κ3) is 2.65. The van der Waals surface area contributed by atoms with Gasteiger partial charge in [-0.25, -0.2) is 4.79 Å². The average molecular weight is 328 g/mol. The van der Waals surface area contributed by atoms with Crippen LogP contribution in [0.3, 0.4) is 0 Å². The number of aryl methyl sites for hydroxylation is 1. The van der Waals surface area contributed by atoms with E-state index < -0.39 is 0 Å². The number of methoxy groups -OCH3 is 2. The van der Waals surface area contributed by atoms with Crippen LogP contribution in [0.4, 0.5) is 0 Å². The van der Waals surface area contributed by atoms with E-state index in [1.165, 1.54) is 12.0 Å². The summed E-state index contributed by atoms with van der Waals surface area (Å²) in [6.07, 6.45) is 4.08. The fourth-order valence-corrected chi connectivity index (χ4v) is 3.95. The molecule has 1 aromatic rings. The van der Waals surface area contributed by atoms with Gasteiger partial charge in [-0.1, -0.05) is 6.08 Å². The van der Waals surface area contributed by atoms with Gasteiger partial charge in [0, 0.05) is 30.4 Å². The highest BCUT2D eigenvalue weighted by atomic mass is 32.2. The summed E-state index contributed by atoms with van der Waals surface area (Å²) < 4.78 is 12.1. The number of rotatable bonds is 2. The molecule has 0 unspecified atom stereocenters. The number of fused-ring (bicyclic) bond motifs is 3. The number of thioether (sulfide) groups is 1. The fraction of sp³-hybridized carbons (Fsp3) is 0.429. The van der Waals surface area contributed by atoms with Crippen LogP contribution in [0.2, 0.25) is 0 Å². The number of ether oxygens (including phenoxy) is 2. The molecule has 2 aliphatic rings. The molecule has 0 amide bonds. The van der Waals surface area contributed by atoms with Crippen molar-refractivity contribution in [1.29, 1.82) is 0 Å². The molecule has 1 aliphatic carbocycles. The van der Waals surface area contributed by atoms with Gasteiger partial charge in [-0.05, 0) is 6.42 Å². The normalized spacial score (nSPS) is 15.7. The van der Waals surface area contributed by atoms with Gasteiger partial charge in [-0.15, -0.1) is 11.8 Å². The number of aromatic nitrogens is 2. The number of hydrogen-bond donors (Lipinski definition) is 0. The number of hydrogen-bond acceptors (Lipinski definition) is 5. The molecule has 0 spiro atoms. The van der Waals surface area contributed by atoms with Crippen LogP contribution in [-0.2, 0) is 22.3 Å². The van der Waals surface area contributed by atoms with Crippen LogP contribution in [0.25, 0.3) is 5.57 Å². The molecule has 3 rings (SSSR count). The molecule has 2 heterocycles. The van der Waals surface area contributed by atoms with Gasteiger partial charge in [0.2, 0.25) is 0 Å². The number of allylic oxidation sites excluding steroid dienone is 3. The SMILES string of the molecule is COC(=O)c1nn(C)c2c1CSC1=C(OC)CCC=C12.O.O. The largest absolute Gasteiger partial charge is 0.500 e. The highest BCUT2D eigenvalue weighted by molar-refractivity contribution is 8.03. The Bertz CT molecular complexity index is 648. The molecule has 1 aliphatic heterocycles. The zero-order valence-corrected chi connectivity index (χ0v) is 13.5. The topological polar surface area (TPSA) is 116 Å². The molecule has 0 fully saturated rings. The quantitative estimate of drug-likeness (QED) is 0.746. The molecule has 4 N–H and O–H groups in total. The van der Waals surface area contributed by atoms with Crippen molar-refractivity contribution < 1.29 is 25.2 Å². The minimum absolute atomic E-state index is 0. The Kier molecular flexibility index (Phi) is 5.81. The van der Waals surface area contributed by atoms with Crippen molar-refractivity contribution >= 4 is 23.3 Å². The first-order valence-corrected chi connectivity index (χ1v) is 7.41. The monoisotopic (exact) mass is 328 g/mol. The molecule has 0 aromatic carbocycles. The van der Waals surface area contributed by atoms with Gasteiger partial charge < -0.3 is 20.4 Å². The van der Waals surface area contributed by atoms with E-state index in [9.17, 15) is 4.79 Å². The van der Waals surface area contributed by atoms with E-state index in [0.29, 0.717) is 11.4 Å². The first kappa shape index (κ1) is 18.3. The highest BCUT2D eigenvalue weighted by Crippen LogP contribution is 2.47. The summed E-state index contributed by atoms with van der Waals surface area (Å²) in [6.45, 7) is 0. The molecule has 0 atom stereocenters. The fourth-order valence-electron chi connectivity index (χ4n) is 2.71. The molecule has 8 heteroatoms. The zero-order valence-electron chi connectivity index (χ0n) is 12.7. The lowest BCUT2D eigenvalue weighted by atomic mass is 9.98. The average Bonchev–Trinajstić information content (AvgIpc) is 2.83. The van der Waals surface area contributed by atoms with E-state index >= 15 is 0 Å². The predicted octanol–water partition coefficient (Wildman–Crippen LogP) is 0.839. The van der Waals surface area contributed by atoms with Gasteiger partial charge >= 0.3 is 5.97 Å². The van der Waals surface area contributed by atoms with Crippen LogP contribution in [0.1, 0.15) is 34.6 Å². The van der Waals surface area contributed by atoms with Crippen molar-refractivity contribution in [2.24, 2.45) is 7.05 Å². The van der Waals surface area contributed by atoms with E-state index in [-0.39, 0.29) is 16.9 Å². The Morgan fingerprint density at radius 1 is 1.36 bits per heavy atom. The van der Waals surface area contributed by atoms with Crippen molar-refractivity contribution in [3.05, 3.63) is 33.7 Å². The minimum Gasteiger partial charge on any atom is -0.500 e. The van der Waals surface area contributed by atoms with E-state index in [2.05, 4.69) is 11.2 Å². The maximum atomic E-state index is 11.8. The molecular formula is C14H20N2O5S. The third-order valence-corrected chi connectivity index (χ3v) is 4.77. The summed E-state index contributed by atoms with van der Waals surface area (Å²) in [7, 11) is 4.96. The summed E-state index contributed by atoms with van der Waals surface area (Å²) in [5.41, 5.74) is 3.51. The van der Waals surface area contributed by atoms with Gasteiger partial charge in [0.05, 0.1) is 24.8 Å². The van der Waals surface area contributed by atoms with Crippen molar-refractivity contribution in [3.8, 4) is 0 Å². The molecule has 0 saturated carbocycles. The Balaban J connectivity index is 0.00000121. The lowest BCUT2D eigenvalue weighted by Crippen LogP contribution is -2.11. The van der Waals surface area contributed by atoms with Crippen molar-refractivity contribution in [3.63, 3.8) is 0 Å². The Morgan fingerprint density at radius 3 is 2.73 bits per heavy atom. The summed E-state index contributed by atoms with van der Waals surface area (Å²) in [6, 6.07) is 0. The lowest BCUT2D eigenvalue weighted by molar-refractivity contribution is 0.0592. The van der Waals surface area contributed by atoms with Gasteiger partial charge in [-0.3, -0.25) is 4.68 Å². The number of nitrogens with zero attached hydrogens (tertiary/aromatic N) is 2. The predicted molar refractivity (Wildman–Crippen MR) is 84.3 cm³/mol. The van der Waals surface area contributed by atoms with Crippen LogP contribution in [0.5, 0.6) is 0 Å². The molecule has 7 nitrogen and oxygen atoms in total. The summed E-state index contributed by atoms with van der Waals surface area (Å²) in [5, 5.41) is 4.33. The molecule has 122 valence electrons. The Hall–Kier alpha value is -1.77. The third-order valence-electron chi connectivity index (χ3n) is 3.60. The summed E-state index contributed by atoms with van der Waals surface area (Å²) in [4.78, 5) is 13.0. The second-order valence-electron chi connectivity index (χ2n) is 4.69. The van der Waals surface area contributed by atoms with E-state index in [1.807, 2.05) is 7.05 Å². The number of carbonyl (C=O) groups excluding carboxylic acids is 1. The molecular weight excluding hydrogens is 308 g/mol. The Morgan fingerprint density at radius 2 is 2.09 bits per heavy atom. The summed E-state index contributed by atoms with van der Waals surface area (Å²) in [5.74, 6) is 1.37. The number of esters is 1. The molecule has 0 bridgehead atoms. The maximum absolute atomic E-state index is 11.8. The van der Waals surface area contributed by atoms with Crippen molar-refractivity contribution in [1.82, 2.24) is 9.78 Å². The summed E-state index contributed by atoms with van der Waals surface area (Å²) >= 11 is 1.70. The van der Waals surface area contributed by atoms with Gasteiger partial charge in [-0.2, -0.15) is 5.10 Å². The molecule has 0 saturated heterocycles. The molecule has 1 aromatic heterocycles. The van der Waals surface area contributed by atoms with Crippen LogP contribution in [0, 0.1) is 0 Å². The van der Waals surface area contributed by atoms with Crippen LogP contribution < -0.4 is 0 Å². The van der Waals surface area contributed by atoms with Crippen LogP contribution in [-0.4, -0.2) is 40.9 Å². The molecule has 22 heavy (non-hydrogen) atoms. The minimum atomic E-state index is -0.377. The smallest absolute Gasteiger partial charge is 0.358 e. The van der Waals surface area contributed by atoms with E-state index in [1.54, 1.807) is 23.6 Å². The van der Waals surface area contributed by atoms with Crippen LogP contribution >= 0.6 is 11.8 Å². The second-order valence-corrected chi connectivity index (χ2v) is 5.68. The van der Waals surface area contributed by atoms with Gasteiger partial charge in [0.15, 0.2) is 5.69 Å².